The van der Waals surface area contributed by atoms with Crippen LogP contribution in [0.5, 0.6) is 0 Å². The lowest BCUT2D eigenvalue weighted by Crippen LogP contribution is -2.14. The number of nitrogens with one attached hydrogen (secondary N) is 1. The van der Waals surface area contributed by atoms with Gasteiger partial charge in [-0.1, -0.05) is 13.8 Å². The molecule has 136 valence electrons. The Kier molecular flexibility index (Phi) is 7.91. The van der Waals surface area contributed by atoms with Crippen LogP contribution in [-0.2, 0) is 0 Å². The van der Waals surface area contributed by atoms with E-state index >= 15 is 0 Å². The van der Waals surface area contributed by atoms with Gasteiger partial charge in [0.05, 0.1) is 16.9 Å². The second-order valence-corrected chi connectivity index (χ2v) is 5.21. The van der Waals surface area contributed by atoms with E-state index in [2.05, 4.69) is 20.3 Å². The maximum absolute atomic E-state index is 12.2. The number of anilines is 1. The van der Waals surface area contributed by atoms with Crippen LogP contribution in [0.1, 0.15) is 31.9 Å². The number of hydrogen-bond donors (Lipinski definition) is 2. The van der Waals surface area contributed by atoms with Crippen molar-refractivity contribution < 1.29 is 8.78 Å². The first kappa shape index (κ1) is 20.5. The molecule has 0 atom stereocenters. The van der Waals surface area contributed by atoms with E-state index in [0.29, 0.717) is 17.4 Å². The van der Waals surface area contributed by atoms with E-state index in [-0.39, 0.29) is 0 Å². The molecule has 0 amide bonds. The van der Waals surface area contributed by atoms with Crippen LogP contribution in [0.25, 0.3) is 10.9 Å². The number of aromatic nitrogens is 2. The minimum absolute atomic E-state index is 0.337. The molecule has 0 aliphatic rings. The molecule has 1 aromatic carbocycles. The number of aliphatic imine (C=N–C) groups is 1. The molecule has 3 N–H and O–H groups in total. The van der Waals surface area contributed by atoms with E-state index in [1.54, 1.807) is 13.1 Å². The van der Waals surface area contributed by atoms with Crippen molar-refractivity contribution in [2.45, 2.75) is 41.0 Å². The average Bonchev–Trinajstić information content (AvgIpc) is 2.60. The fourth-order valence-electron chi connectivity index (χ4n) is 2.02. The lowest BCUT2D eigenvalue weighted by Gasteiger charge is -2.10. The summed E-state index contributed by atoms with van der Waals surface area (Å²) in [6.45, 7) is 9.07. The first-order valence-corrected chi connectivity index (χ1v) is 8.13. The third kappa shape index (κ3) is 5.77. The van der Waals surface area contributed by atoms with Crippen molar-refractivity contribution in [3.63, 3.8) is 0 Å². The Bertz CT molecular complexity index is 769. The van der Waals surface area contributed by atoms with Gasteiger partial charge in [-0.05, 0) is 44.0 Å². The van der Waals surface area contributed by atoms with Crippen molar-refractivity contribution in [1.82, 2.24) is 9.97 Å². The maximum atomic E-state index is 12.2. The first-order valence-electron chi connectivity index (χ1n) is 8.13. The Morgan fingerprint density at radius 2 is 1.92 bits per heavy atom. The standard InChI is InChI=1S/C16H19F2N5.C2H6/c1-9-4-12-7-21-16(22-13(12)5-10(9)2)23-14(6-19)11(3)20-8-15(17)18;1-2/h4-7,15H,8,19H2,1-3H3,(H,21,22,23);1-2H3/b14-6+,20-11?;. The summed E-state index contributed by atoms with van der Waals surface area (Å²) in [5.74, 6) is 0.337. The number of aryl methyl sites for hydroxylation is 2. The van der Waals surface area contributed by atoms with Gasteiger partial charge in [0.2, 0.25) is 5.95 Å². The highest BCUT2D eigenvalue weighted by Gasteiger charge is 2.08. The largest absolute Gasteiger partial charge is 0.403 e. The summed E-state index contributed by atoms with van der Waals surface area (Å²) in [6.07, 6.45) is 0.474. The maximum Gasteiger partial charge on any atom is 0.257 e. The lowest BCUT2D eigenvalue weighted by molar-refractivity contribution is 0.159. The zero-order chi connectivity index (χ0) is 19.0. The molecule has 0 unspecified atom stereocenters. The summed E-state index contributed by atoms with van der Waals surface area (Å²) < 4.78 is 24.5. The molecule has 2 rings (SSSR count). The van der Waals surface area contributed by atoms with Gasteiger partial charge in [-0.2, -0.15) is 0 Å². The smallest absolute Gasteiger partial charge is 0.257 e. The highest BCUT2D eigenvalue weighted by atomic mass is 19.3. The monoisotopic (exact) mass is 349 g/mol. The van der Waals surface area contributed by atoms with Crippen LogP contribution < -0.4 is 11.1 Å². The topological polar surface area (TPSA) is 76.2 Å². The fourth-order valence-corrected chi connectivity index (χ4v) is 2.02. The van der Waals surface area contributed by atoms with Crippen molar-refractivity contribution in [2.75, 3.05) is 11.9 Å². The summed E-state index contributed by atoms with van der Waals surface area (Å²) in [5, 5.41) is 3.85. The quantitative estimate of drug-likeness (QED) is 0.793. The molecule has 1 heterocycles. The van der Waals surface area contributed by atoms with Crippen LogP contribution in [0.2, 0.25) is 0 Å². The van der Waals surface area contributed by atoms with E-state index < -0.39 is 13.0 Å². The number of halogens is 2. The number of fused-ring (bicyclic) bond motifs is 1. The SMILES string of the molecule is CC.CC(=NCC(F)F)/C(=C\N)Nc1ncc2cc(C)c(C)cc2n1. The molecule has 0 aliphatic heterocycles. The molecular weight excluding hydrogens is 324 g/mol. The van der Waals surface area contributed by atoms with Crippen molar-refractivity contribution in [1.29, 1.82) is 0 Å². The number of nitrogens with zero attached hydrogens (tertiary/aromatic N) is 3. The minimum atomic E-state index is -2.49. The number of nitrogens with two attached hydrogens (primary N) is 1. The zero-order valence-corrected chi connectivity index (χ0v) is 15.3. The van der Waals surface area contributed by atoms with Gasteiger partial charge < -0.3 is 11.1 Å². The minimum Gasteiger partial charge on any atom is -0.403 e. The predicted octanol–water partition coefficient (Wildman–Crippen LogP) is 4.21. The van der Waals surface area contributed by atoms with Crippen LogP contribution in [0.15, 0.2) is 35.2 Å². The fraction of sp³-hybridized carbons (Fsp3) is 0.389. The molecule has 0 saturated heterocycles. The number of rotatable bonds is 5. The van der Waals surface area contributed by atoms with Crippen LogP contribution >= 0.6 is 0 Å². The molecular formula is C18H25F2N5. The Morgan fingerprint density at radius 3 is 2.52 bits per heavy atom. The molecule has 0 bridgehead atoms. The van der Waals surface area contributed by atoms with Crippen molar-refractivity contribution >= 4 is 22.6 Å². The molecule has 2 aromatic rings. The van der Waals surface area contributed by atoms with Crippen LogP contribution in [0, 0.1) is 13.8 Å². The molecule has 1 aromatic heterocycles. The molecule has 25 heavy (non-hydrogen) atoms. The van der Waals surface area contributed by atoms with E-state index in [4.69, 9.17) is 5.73 Å². The van der Waals surface area contributed by atoms with Crippen molar-refractivity contribution in [3.8, 4) is 0 Å². The molecule has 0 saturated carbocycles. The normalized spacial score (nSPS) is 12.2. The number of hydrogen-bond acceptors (Lipinski definition) is 5. The van der Waals surface area contributed by atoms with Crippen molar-refractivity contribution in [2.24, 2.45) is 10.7 Å². The van der Waals surface area contributed by atoms with Crippen LogP contribution in [0.4, 0.5) is 14.7 Å². The lowest BCUT2D eigenvalue weighted by atomic mass is 10.1. The Morgan fingerprint density at radius 1 is 1.28 bits per heavy atom. The summed E-state index contributed by atoms with van der Waals surface area (Å²) in [6, 6.07) is 3.99. The second-order valence-electron chi connectivity index (χ2n) is 5.21. The molecule has 0 radical (unpaired) electrons. The number of benzene rings is 1. The molecule has 0 spiro atoms. The molecule has 5 nitrogen and oxygen atoms in total. The summed E-state index contributed by atoms with van der Waals surface area (Å²) >= 11 is 0. The van der Waals surface area contributed by atoms with Gasteiger partial charge in [-0.15, -0.1) is 0 Å². The third-order valence-electron chi connectivity index (χ3n) is 3.46. The van der Waals surface area contributed by atoms with Crippen LogP contribution in [-0.4, -0.2) is 28.6 Å². The Labute approximate surface area is 147 Å². The molecule has 0 aliphatic carbocycles. The summed E-state index contributed by atoms with van der Waals surface area (Å²) in [5.41, 5.74) is 9.40. The Hall–Kier alpha value is -2.57. The van der Waals surface area contributed by atoms with E-state index in [1.807, 2.05) is 39.8 Å². The van der Waals surface area contributed by atoms with Gasteiger partial charge in [-0.25, -0.2) is 18.7 Å². The average molecular weight is 349 g/mol. The van der Waals surface area contributed by atoms with Gasteiger partial charge in [-0.3, -0.25) is 4.99 Å². The second kappa shape index (κ2) is 9.66. The summed E-state index contributed by atoms with van der Waals surface area (Å²) in [4.78, 5) is 12.4. The van der Waals surface area contributed by atoms with Gasteiger partial charge in [0.1, 0.15) is 6.54 Å². The predicted molar refractivity (Wildman–Crippen MR) is 100 cm³/mol. The highest BCUT2D eigenvalue weighted by Crippen LogP contribution is 2.18. The van der Waals surface area contributed by atoms with Crippen molar-refractivity contribution in [3.05, 3.63) is 41.4 Å². The van der Waals surface area contributed by atoms with Crippen LogP contribution in [0.3, 0.4) is 0 Å². The number of allylic oxidation sites excluding steroid dienone is 1. The van der Waals surface area contributed by atoms with Gasteiger partial charge in [0, 0.05) is 17.8 Å². The highest BCUT2D eigenvalue weighted by molar-refractivity contribution is 6.00. The summed E-state index contributed by atoms with van der Waals surface area (Å²) in [7, 11) is 0. The Balaban J connectivity index is 0.00000151. The molecule has 7 heteroatoms. The molecule has 0 fully saturated rings. The van der Waals surface area contributed by atoms with Gasteiger partial charge in [0.25, 0.3) is 6.43 Å². The first-order chi connectivity index (χ1) is 11.9. The third-order valence-corrected chi connectivity index (χ3v) is 3.46. The van der Waals surface area contributed by atoms with E-state index in [9.17, 15) is 8.78 Å². The van der Waals surface area contributed by atoms with E-state index in [0.717, 1.165) is 16.5 Å². The zero-order valence-electron chi connectivity index (χ0n) is 15.3. The van der Waals surface area contributed by atoms with E-state index in [1.165, 1.54) is 11.8 Å². The number of alkyl halides is 2. The van der Waals surface area contributed by atoms with Gasteiger partial charge >= 0.3 is 0 Å². The van der Waals surface area contributed by atoms with Gasteiger partial charge in [0.15, 0.2) is 0 Å².